The quantitative estimate of drug-likeness (QED) is 0.562. The van der Waals surface area contributed by atoms with Crippen LogP contribution in [0.3, 0.4) is 0 Å². The van der Waals surface area contributed by atoms with Gasteiger partial charge in [-0.3, -0.25) is 14.2 Å². The van der Waals surface area contributed by atoms with E-state index in [2.05, 4.69) is 15.3 Å². The first-order valence-corrected chi connectivity index (χ1v) is 9.87. The number of rotatable bonds is 4. The summed E-state index contributed by atoms with van der Waals surface area (Å²) in [7, 11) is 0. The van der Waals surface area contributed by atoms with Crippen LogP contribution >= 0.6 is 22.7 Å². The molecule has 138 valence electrons. The highest BCUT2D eigenvalue weighted by atomic mass is 32.1. The Hall–Kier alpha value is -2.65. The minimum Gasteiger partial charge on any atom is -0.302 e. The van der Waals surface area contributed by atoms with Crippen molar-refractivity contribution < 1.29 is 9.18 Å². The van der Waals surface area contributed by atoms with E-state index in [1.54, 1.807) is 6.07 Å². The fourth-order valence-corrected chi connectivity index (χ4v) is 4.68. The molecule has 0 bridgehead atoms. The van der Waals surface area contributed by atoms with Crippen molar-refractivity contribution in [2.24, 2.45) is 0 Å². The third-order valence-corrected chi connectivity index (χ3v) is 6.38. The normalized spacial score (nSPS) is 11.4. The minimum absolute atomic E-state index is 0.111. The first-order chi connectivity index (χ1) is 12.9. The van der Waals surface area contributed by atoms with Gasteiger partial charge in [-0.2, -0.15) is 0 Å². The molecule has 0 fully saturated rings. The second-order valence-electron chi connectivity index (χ2n) is 6.14. The van der Waals surface area contributed by atoms with Gasteiger partial charge in [0.15, 0.2) is 5.13 Å². The molecule has 1 aromatic carbocycles. The van der Waals surface area contributed by atoms with Crippen molar-refractivity contribution in [2.45, 2.75) is 26.8 Å². The van der Waals surface area contributed by atoms with E-state index >= 15 is 0 Å². The Morgan fingerprint density at radius 2 is 2.11 bits per heavy atom. The van der Waals surface area contributed by atoms with Gasteiger partial charge in [-0.25, -0.2) is 14.4 Å². The van der Waals surface area contributed by atoms with E-state index in [9.17, 15) is 14.0 Å². The second-order valence-corrected chi connectivity index (χ2v) is 8.37. The van der Waals surface area contributed by atoms with Crippen LogP contribution in [0.15, 0.2) is 29.3 Å². The lowest BCUT2D eigenvalue weighted by molar-refractivity contribution is -0.116. The SMILES string of the molecule is Cc1sc2ncn(CCC(=O)Nc3nc4ccc(F)cc4s3)c(=O)c2c1C. The Bertz CT molecular complexity index is 1240. The maximum atomic E-state index is 13.2. The number of benzene rings is 1. The molecular formula is C18H15FN4O2S2. The van der Waals surface area contributed by atoms with Crippen LogP contribution in [0.2, 0.25) is 0 Å². The van der Waals surface area contributed by atoms with Crippen molar-refractivity contribution in [3.05, 3.63) is 51.1 Å². The zero-order valence-electron chi connectivity index (χ0n) is 14.6. The van der Waals surface area contributed by atoms with Crippen LogP contribution < -0.4 is 10.9 Å². The number of hydrogen-bond acceptors (Lipinski definition) is 6. The molecule has 3 heterocycles. The number of carbonyl (C=O) groups excluding carboxylic acids is 1. The topological polar surface area (TPSA) is 76.9 Å². The molecule has 3 aromatic heterocycles. The molecular weight excluding hydrogens is 387 g/mol. The molecule has 4 rings (SSSR count). The molecule has 0 saturated heterocycles. The van der Waals surface area contributed by atoms with Crippen LogP contribution in [0.1, 0.15) is 16.9 Å². The van der Waals surface area contributed by atoms with Gasteiger partial charge in [0.25, 0.3) is 5.56 Å². The number of halogens is 1. The maximum Gasteiger partial charge on any atom is 0.262 e. The molecule has 0 atom stereocenters. The lowest BCUT2D eigenvalue weighted by atomic mass is 10.2. The van der Waals surface area contributed by atoms with E-state index < -0.39 is 0 Å². The van der Waals surface area contributed by atoms with Gasteiger partial charge in [0.1, 0.15) is 10.6 Å². The Balaban J connectivity index is 1.48. The van der Waals surface area contributed by atoms with E-state index in [-0.39, 0.29) is 30.2 Å². The summed E-state index contributed by atoms with van der Waals surface area (Å²) in [6.45, 7) is 4.09. The smallest absolute Gasteiger partial charge is 0.262 e. The molecule has 0 saturated carbocycles. The molecule has 9 heteroatoms. The number of thiophene rings is 1. The number of anilines is 1. The lowest BCUT2D eigenvalue weighted by Gasteiger charge is -2.05. The highest BCUT2D eigenvalue weighted by molar-refractivity contribution is 7.22. The summed E-state index contributed by atoms with van der Waals surface area (Å²) in [5.41, 5.74) is 1.43. The Kier molecular flexibility index (Phi) is 4.48. The molecule has 4 aromatic rings. The molecule has 1 amide bonds. The van der Waals surface area contributed by atoms with Gasteiger partial charge >= 0.3 is 0 Å². The highest BCUT2D eigenvalue weighted by Crippen LogP contribution is 2.27. The van der Waals surface area contributed by atoms with Crippen molar-refractivity contribution in [3.63, 3.8) is 0 Å². The van der Waals surface area contributed by atoms with Gasteiger partial charge in [0, 0.05) is 17.8 Å². The third kappa shape index (κ3) is 3.35. The fraction of sp³-hybridized carbons (Fsp3) is 0.222. The van der Waals surface area contributed by atoms with E-state index in [4.69, 9.17) is 0 Å². The number of amides is 1. The van der Waals surface area contributed by atoms with Crippen molar-refractivity contribution in [2.75, 3.05) is 5.32 Å². The van der Waals surface area contributed by atoms with E-state index in [1.807, 2.05) is 13.8 Å². The molecule has 0 unspecified atom stereocenters. The largest absolute Gasteiger partial charge is 0.302 e. The van der Waals surface area contributed by atoms with Crippen molar-refractivity contribution in [3.8, 4) is 0 Å². The number of fused-ring (bicyclic) bond motifs is 2. The summed E-state index contributed by atoms with van der Waals surface area (Å²) in [5.74, 6) is -0.606. The zero-order valence-corrected chi connectivity index (χ0v) is 16.2. The average molecular weight is 402 g/mol. The van der Waals surface area contributed by atoms with E-state index in [0.29, 0.717) is 20.7 Å². The predicted molar refractivity (Wildman–Crippen MR) is 106 cm³/mol. The van der Waals surface area contributed by atoms with Gasteiger partial charge in [-0.15, -0.1) is 11.3 Å². The molecule has 27 heavy (non-hydrogen) atoms. The maximum absolute atomic E-state index is 13.2. The zero-order chi connectivity index (χ0) is 19.1. The minimum atomic E-state index is -0.342. The Morgan fingerprint density at radius 1 is 1.30 bits per heavy atom. The number of hydrogen-bond donors (Lipinski definition) is 1. The number of nitrogens with zero attached hydrogens (tertiary/aromatic N) is 3. The van der Waals surface area contributed by atoms with Gasteiger partial charge < -0.3 is 5.32 Å². The van der Waals surface area contributed by atoms with Crippen molar-refractivity contribution >= 4 is 54.1 Å². The van der Waals surface area contributed by atoms with Crippen LogP contribution in [0.4, 0.5) is 9.52 Å². The van der Waals surface area contributed by atoms with Crippen LogP contribution in [-0.2, 0) is 11.3 Å². The third-order valence-electron chi connectivity index (χ3n) is 4.33. The molecule has 0 radical (unpaired) electrons. The van der Waals surface area contributed by atoms with Crippen LogP contribution in [0, 0.1) is 19.7 Å². The molecule has 0 aliphatic rings. The average Bonchev–Trinajstić information content (AvgIpc) is 3.14. The van der Waals surface area contributed by atoms with Crippen LogP contribution in [-0.4, -0.2) is 20.4 Å². The summed E-state index contributed by atoms with van der Waals surface area (Å²) in [4.78, 5) is 35.2. The predicted octanol–water partition coefficient (Wildman–Crippen LogP) is 3.85. The van der Waals surface area contributed by atoms with Gasteiger partial charge in [0.2, 0.25) is 5.91 Å². The second kappa shape index (κ2) is 6.82. The standard InChI is InChI=1S/C18H15FN4O2S2/c1-9-10(2)26-16-15(9)17(25)23(8-20-16)6-5-14(24)22-18-21-12-4-3-11(19)7-13(12)27-18/h3-4,7-8H,5-6H2,1-2H3,(H,21,22,24). The van der Waals surface area contributed by atoms with Crippen molar-refractivity contribution in [1.29, 1.82) is 0 Å². The lowest BCUT2D eigenvalue weighted by Crippen LogP contribution is -2.23. The van der Waals surface area contributed by atoms with E-state index in [1.165, 1.54) is 45.7 Å². The summed E-state index contributed by atoms with van der Waals surface area (Å²) in [6, 6.07) is 4.29. The van der Waals surface area contributed by atoms with E-state index in [0.717, 1.165) is 15.3 Å². The molecule has 0 aliphatic heterocycles. The number of nitrogens with one attached hydrogen (secondary N) is 1. The summed E-state index contributed by atoms with van der Waals surface area (Å²) >= 11 is 2.70. The molecule has 1 N–H and O–H groups in total. The summed E-state index contributed by atoms with van der Waals surface area (Å²) in [5, 5.41) is 3.73. The summed E-state index contributed by atoms with van der Waals surface area (Å²) in [6.07, 6.45) is 1.59. The fourth-order valence-electron chi connectivity index (χ4n) is 2.78. The van der Waals surface area contributed by atoms with Crippen LogP contribution in [0.25, 0.3) is 20.4 Å². The molecule has 0 spiro atoms. The number of carbonyl (C=O) groups is 1. The van der Waals surface area contributed by atoms with Crippen LogP contribution in [0.5, 0.6) is 0 Å². The first kappa shape index (κ1) is 17.7. The van der Waals surface area contributed by atoms with Gasteiger partial charge in [-0.1, -0.05) is 11.3 Å². The highest BCUT2D eigenvalue weighted by Gasteiger charge is 2.13. The number of thiazole rings is 1. The van der Waals surface area contributed by atoms with Crippen molar-refractivity contribution in [1.82, 2.24) is 14.5 Å². The molecule has 6 nitrogen and oxygen atoms in total. The number of aromatic nitrogens is 3. The van der Waals surface area contributed by atoms with Gasteiger partial charge in [0.05, 0.1) is 21.9 Å². The Morgan fingerprint density at radius 3 is 2.93 bits per heavy atom. The molecule has 0 aliphatic carbocycles. The monoisotopic (exact) mass is 402 g/mol. The first-order valence-electron chi connectivity index (χ1n) is 8.23. The Labute approximate surface area is 161 Å². The number of aryl methyl sites for hydroxylation is 3. The summed E-state index contributed by atoms with van der Waals surface area (Å²) < 4.78 is 15.4. The van der Waals surface area contributed by atoms with Gasteiger partial charge in [-0.05, 0) is 37.6 Å².